The third-order valence-corrected chi connectivity index (χ3v) is 4.96. The van der Waals surface area contributed by atoms with Crippen molar-refractivity contribution in [3.63, 3.8) is 0 Å². The van der Waals surface area contributed by atoms with Crippen LogP contribution in [-0.4, -0.2) is 22.4 Å². The molecule has 0 bridgehead atoms. The summed E-state index contributed by atoms with van der Waals surface area (Å²) >= 11 is 5.04. The summed E-state index contributed by atoms with van der Waals surface area (Å²) < 4.78 is 1.02. The lowest BCUT2D eigenvalue weighted by atomic mass is 9.91. The maximum absolute atomic E-state index is 10.0. The van der Waals surface area contributed by atoms with E-state index in [9.17, 15) is 10.2 Å². The van der Waals surface area contributed by atoms with Crippen molar-refractivity contribution in [3.8, 4) is 0 Å². The molecule has 2 unspecified atom stereocenters. The summed E-state index contributed by atoms with van der Waals surface area (Å²) in [6.07, 6.45) is 1.04. The SMILES string of the molecule is CCC(CC)C(O)C(O)Cc1sccc1Br. The first-order chi connectivity index (χ1) is 7.60. The smallest absolute Gasteiger partial charge is 0.0850 e. The molecular formula is C12H19BrO2S. The molecule has 1 rings (SSSR count). The first-order valence-corrected chi connectivity index (χ1v) is 7.35. The second kappa shape index (κ2) is 6.74. The van der Waals surface area contributed by atoms with E-state index in [1.807, 2.05) is 25.3 Å². The van der Waals surface area contributed by atoms with E-state index in [-0.39, 0.29) is 5.92 Å². The molecule has 1 aromatic heterocycles. The van der Waals surface area contributed by atoms with Gasteiger partial charge in [0.05, 0.1) is 12.2 Å². The number of hydrogen-bond acceptors (Lipinski definition) is 3. The summed E-state index contributed by atoms with van der Waals surface area (Å²) in [5.41, 5.74) is 0. The Balaban J connectivity index is 2.58. The summed E-state index contributed by atoms with van der Waals surface area (Å²) in [5, 5.41) is 22.0. The Bertz CT molecular complexity index is 310. The van der Waals surface area contributed by atoms with Gasteiger partial charge in [-0.3, -0.25) is 0 Å². The Hall–Kier alpha value is 0.100. The van der Waals surface area contributed by atoms with E-state index in [4.69, 9.17) is 0 Å². The average Bonchev–Trinajstić information content (AvgIpc) is 2.66. The van der Waals surface area contributed by atoms with Gasteiger partial charge in [-0.25, -0.2) is 0 Å². The highest BCUT2D eigenvalue weighted by atomic mass is 79.9. The van der Waals surface area contributed by atoms with E-state index in [1.54, 1.807) is 11.3 Å². The normalized spacial score (nSPS) is 15.4. The molecule has 16 heavy (non-hydrogen) atoms. The summed E-state index contributed by atoms with van der Waals surface area (Å²) in [5.74, 6) is 0.189. The topological polar surface area (TPSA) is 40.5 Å². The number of aliphatic hydroxyl groups excluding tert-OH is 2. The monoisotopic (exact) mass is 306 g/mol. The Morgan fingerprint density at radius 2 is 1.94 bits per heavy atom. The lowest BCUT2D eigenvalue weighted by Gasteiger charge is -2.24. The molecule has 0 aliphatic heterocycles. The lowest BCUT2D eigenvalue weighted by Crippen LogP contribution is -2.34. The zero-order valence-electron chi connectivity index (χ0n) is 9.69. The number of thiophene rings is 1. The quantitative estimate of drug-likeness (QED) is 0.847. The third-order valence-electron chi connectivity index (χ3n) is 3.01. The second-order valence-corrected chi connectivity index (χ2v) is 5.89. The molecule has 0 saturated carbocycles. The fraction of sp³-hybridized carbons (Fsp3) is 0.667. The van der Waals surface area contributed by atoms with Crippen molar-refractivity contribution in [3.05, 3.63) is 20.8 Å². The molecule has 0 aromatic carbocycles. The zero-order valence-corrected chi connectivity index (χ0v) is 12.1. The number of aliphatic hydroxyl groups is 2. The van der Waals surface area contributed by atoms with Gasteiger partial charge in [0, 0.05) is 15.8 Å². The molecule has 92 valence electrons. The van der Waals surface area contributed by atoms with Crippen LogP contribution >= 0.6 is 27.3 Å². The van der Waals surface area contributed by atoms with Crippen LogP contribution in [0.5, 0.6) is 0 Å². The van der Waals surface area contributed by atoms with E-state index in [0.29, 0.717) is 6.42 Å². The molecule has 0 radical (unpaired) electrons. The van der Waals surface area contributed by atoms with Crippen molar-refractivity contribution in [1.82, 2.24) is 0 Å². The molecule has 0 amide bonds. The molecule has 0 aliphatic rings. The first-order valence-electron chi connectivity index (χ1n) is 5.68. The number of halogens is 1. The van der Waals surface area contributed by atoms with E-state index < -0.39 is 12.2 Å². The Labute approximate surface area is 109 Å². The molecule has 1 heterocycles. The maximum Gasteiger partial charge on any atom is 0.0850 e. The number of hydrogen-bond donors (Lipinski definition) is 2. The number of rotatable bonds is 6. The van der Waals surface area contributed by atoms with Crippen molar-refractivity contribution in [2.24, 2.45) is 5.92 Å². The highest BCUT2D eigenvalue weighted by molar-refractivity contribution is 9.10. The van der Waals surface area contributed by atoms with Crippen molar-refractivity contribution in [1.29, 1.82) is 0 Å². The molecule has 4 heteroatoms. The second-order valence-electron chi connectivity index (χ2n) is 4.03. The van der Waals surface area contributed by atoms with Crippen molar-refractivity contribution in [2.75, 3.05) is 0 Å². The summed E-state index contributed by atoms with van der Waals surface area (Å²) in [4.78, 5) is 1.09. The Kier molecular flexibility index (Phi) is 5.97. The van der Waals surface area contributed by atoms with Crippen LogP contribution < -0.4 is 0 Å². The Morgan fingerprint density at radius 3 is 2.38 bits per heavy atom. The van der Waals surface area contributed by atoms with Crippen LogP contribution in [0.15, 0.2) is 15.9 Å². The molecule has 2 atom stereocenters. The highest BCUT2D eigenvalue weighted by Gasteiger charge is 2.24. The van der Waals surface area contributed by atoms with Crippen LogP contribution in [-0.2, 0) is 6.42 Å². The lowest BCUT2D eigenvalue weighted by molar-refractivity contribution is -0.0184. The van der Waals surface area contributed by atoms with Gasteiger partial charge in [0.2, 0.25) is 0 Å². The van der Waals surface area contributed by atoms with Crippen LogP contribution in [0.2, 0.25) is 0 Å². The van der Waals surface area contributed by atoms with Gasteiger partial charge >= 0.3 is 0 Å². The third kappa shape index (κ3) is 3.55. The van der Waals surface area contributed by atoms with E-state index in [1.165, 1.54) is 0 Å². The highest BCUT2D eigenvalue weighted by Crippen LogP contribution is 2.26. The molecule has 1 aromatic rings. The predicted molar refractivity (Wildman–Crippen MR) is 71.8 cm³/mol. The fourth-order valence-corrected chi connectivity index (χ4v) is 3.43. The average molecular weight is 307 g/mol. The van der Waals surface area contributed by atoms with Gasteiger partial charge in [-0.05, 0) is 33.3 Å². The van der Waals surface area contributed by atoms with Crippen molar-refractivity contribution < 1.29 is 10.2 Å². The molecular weight excluding hydrogens is 288 g/mol. The minimum Gasteiger partial charge on any atom is -0.390 e. The van der Waals surface area contributed by atoms with Gasteiger partial charge in [0.25, 0.3) is 0 Å². The summed E-state index contributed by atoms with van der Waals surface area (Å²) in [7, 11) is 0. The van der Waals surface area contributed by atoms with E-state index in [0.717, 1.165) is 22.2 Å². The van der Waals surface area contributed by atoms with Gasteiger partial charge in [0.1, 0.15) is 0 Å². The van der Waals surface area contributed by atoms with E-state index >= 15 is 0 Å². The van der Waals surface area contributed by atoms with Crippen LogP contribution in [0.25, 0.3) is 0 Å². The minimum atomic E-state index is -0.667. The maximum atomic E-state index is 10.0. The van der Waals surface area contributed by atoms with Crippen LogP contribution in [0.4, 0.5) is 0 Å². The summed E-state index contributed by atoms with van der Waals surface area (Å²) in [6.45, 7) is 4.09. The molecule has 0 saturated heterocycles. The van der Waals surface area contributed by atoms with Gasteiger partial charge in [-0.1, -0.05) is 26.7 Å². The molecule has 2 nitrogen and oxygen atoms in total. The van der Waals surface area contributed by atoms with Crippen LogP contribution in [0.1, 0.15) is 31.6 Å². The zero-order chi connectivity index (χ0) is 12.1. The molecule has 0 fully saturated rings. The molecule has 0 spiro atoms. The van der Waals surface area contributed by atoms with Gasteiger partial charge in [-0.15, -0.1) is 11.3 Å². The van der Waals surface area contributed by atoms with Crippen LogP contribution in [0, 0.1) is 5.92 Å². The summed E-state index contributed by atoms with van der Waals surface area (Å²) in [6, 6.07) is 1.97. The van der Waals surface area contributed by atoms with Gasteiger partial charge in [-0.2, -0.15) is 0 Å². The molecule has 0 aliphatic carbocycles. The standard InChI is InChI=1S/C12H19BrO2S/c1-3-8(4-2)12(15)10(14)7-11-9(13)5-6-16-11/h5-6,8,10,12,14-15H,3-4,7H2,1-2H3. The molecule has 2 N–H and O–H groups in total. The van der Waals surface area contributed by atoms with Crippen molar-refractivity contribution >= 4 is 27.3 Å². The predicted octanol–water partition coefficient (Wildman–Crippen LogP) is 3.21. The van der Waals surface area contributed by atoms with Crippen molar-refractivity contribution in [2.45, 2.75) is 45.3 Å². The first kappa shape index (κ1) is 14.2. The van der Waals surface area contributed by atoms with Gasteiger partial charge < -0.3 is 10.2 Å². The Morgan fingerprint density at radius 1 is 1.31 bits per heavy atom. The van der Waals surface area contributed by atoms with Gasteiger partial charge in [0.15, 0.2) is 0 Å². The fourth-order valence-electron chi connectivity index (χ4n) is 1.87. The largest absolute Gasteiger partial charge is 0.390 e. The minimum absolute atomic E-state index is 0.189. The van der Waals surface area contributed by atoms with Crippen LogP contribution in [0.3, 0.4) is 0 Å². The van der Waals surface area contributed by atoms with E-state index in [2.05, 4.69) is 15.9 Å².